The van der Waals surface area contributed by atoms with E-state index in [1.807, 2.05) is 42.7 Å². The summed E-state index contributed by atoms with van der Waals surface area (Å²) in [4.78, 5) is 19.7. The van der Waals surface area contributed by atoms with Crippen LogP contribution in [0.3, 0.4) is 0 Å². The molecule has 6 rings (SSSR count). The van der Waals surface area contributed by atoms with Crippen LogP contribution in [0.4, 0.5) is 8.78 Å². The zero-order chi connectivity index (χ0) is 27.0. The van der Waals surface area contributed by atoms with Gasteiger partial charge in [-0.2, -0.15) is 0 Å². The molecule has 39 heavy (non-hydrogen) atoms. The van der Waals surface area contributed by atoms with Gasteiger partial charge >= 0.3 is 0 Å². The molecule has 1 atom stereocenters. The first-order valence-electron chi connectivity index (χ1n) is 13.1. The number of nitrogens with zero attached hydrogens (tertiary/aromatic N) is 3. The molecule has 0 radical (unpaired) electrons. The molecule has 0 bridgehead atoms. The fraction of sp³-hybridized carbons (Fsp3) is 0.290. The van der Waals surface area contributed by atoms with Gasteiger partial charge in [0, 0.05) is 49.9 Å². The van der Waals surface area contributed by atoms with Crippen LogP contribution in [0.1, 0.15) is 46.7 Å². The minimum absolute atomic E-state index is 0.229. The van der Waals surface area contributed by atoms with Crippen molar-refractivity contribution < 1.29 is 18.3 Å². The first-order chi connectivity index (χ1) is 19.0. The van der Waals surface area contributed by atoms with Crippen molar-refractivity contribution >= 4 is 0 Å². The largest absolute Gasteiger partial charge is 0.497 e. The normalized spacial score (nSPS) is 17.2. The number of halogens is 2. The van der Waals surface area contributed by atoms with Crippen LogP contribution in [0.25, 0.3) is 0 Å². The van der Waals surface area contributed by atoms with Crippen LogP contribution in [-0.4, -0.2) is 34.7 Å². The van der Waals surface area contributed by atoms with Crippen LogP contribution < -0.4 is 10.3 Å². The van der Waals surface area contributed by atoms with Gasteiger partial charge in [-0.05, 0) is 59.4 Å². The second-order valence-electron chi connectivity index (χ2n) is 10.2. The van der Waals surface area contributed by atoms with E-state index in [9.17, 15) is 13.6 Å². The van der Waals surface area contributed by atoms with Gasteiger partial charge < -0.3 is 14.0 Å². The summed E-state index contributed by atoms with van der Waals surface area (Å²) in [5.74, 6) is -1.45. The summed E-state index contributed by atoms with van der Waals surface area (Å²) < 4.78 is 40.9. The number of pyridine rings is 2. The van der Waals surface area contributed by atoms with Gasteiger partial charge in [-0.1, -0.05) is 30.3 Å². The number of fused-ring (bicyclic) bond motifs is 2. The summed E-state index contributed by atoms with van der Waals surface area (Å²) >= 11 is 0. The maximum Gasteiger partial charge on any atom is 0.255 e. The van der Waals surface area contributed by atoms with Crippen molar-refractivity contribution in [3.8, 4) is 5.75 Å². The fourth-order valence-corrected chi connectivity index (χ4v) is 5.81. The van der Waals surface area contributed by atoms with Crippen molar-refractivity contribution in [2.45, 2.75) is 37.6 Å². The number of likely N-dealkylation sites (tertiary alicyclic amines) is 1. The molecule has 200 valence electrons. The van der Waals surface area contributed by atoms with Gasteiger partial charge in [0.05, 0.1) is 25.4 Å². The number of methoxy groups -OCH3 is 1. The molecule has 8 heteroatoms. The SMILES string of the molecule is COc1ccn([C@@H](c2ccc(CN3CCC4(CC3)OCc3ccncc34)cc2)c2ccc(F)c(F)c2)c(=O)c1. The smallest absolute Gasteiger partial charge is 0.255 e. The molecule has 1 spiro atoms. The van der Waals surface area contributed by atoms with E-state index in [1.54, 1.807) is 12.3 Å². The highest BCUT2D eigenvalue weighted by molar-refractivity contribution is 5.37. The van der Waals surface area contributed by atoms with Crippen LogP contribution >= 0.6 is 0 Å². The molecule has 4 aromatic rings. The van der Waals surface area contributed by atoms with E-state index in [-0.39, 0.29) is 11.2 Å². The molecule has 2 aromatic heterocycles. The Morgan fingerprint density at radius 3 is 2.49 bits per heavy atom. The van der Waals surface area contributed by atoms with Gasteiger partial charge in [-0.25, -0.2) is 8.78 Å². The van der Waals surface area contributed by atoms with Crippen LogP contribution in [0.15, 0.2) is 84.0 Å². The Bertz CT molecular complexity index is 1550. The number of ether oxygens (including phenoxy) is 2. The minimum Gasteiger partial charge on any atom is -0.497 e. The van der Waals surface area contributed by atoms with E-state index >= 15 is 0 Å². The zero-order valence-electron chi connectivity index (χ0n) is 21.6. The maximum atomic E-state index is 14.2. The van der Waals surface area contributed by atoms with E-state index in [0.29, 0.717) is 17.9 Å². The summed E-state index contributed by atoms with van der Waals surface area (Å²) in [6, 6.07) is 16.2. The summed E-state index contributed by atoms with van der Waals surface area (Å²) in [5.41, 5.74) is 4.33. The third-order valence-electron chi connectivity index (χ3n) is 7.96. The molecule has 0 aliphatic carbocycles. The lowest BCUT2D eigenvalue weighted by Crippen LogP contribution is -2.42. The zero-order valence-corrected chi connectivity index (χ0v) is 21.6. The van der Waals surface area contributed by atoms with Crippen molar-refractivity contribution in [2.24, 2.45) is 0 Å². The molecule has 4 heterocycles. The number of hydrogen-bond acceptors (Lipinski definition) is 5. The number of piperidine rings is 1. The Morgan fingerprint density at radius 1 is 1.00 bits per heavy atom. The molecule has 0 amide bonds. The fourth-order valence-electron chi connectivity index (χ4n) is 5.81. The van der Waals surface area contributed by atoms with Gasteiger partial charge in [-0.15, -0.1) is 0 Å². The lowest BCUT2D eigenvalue weighted by Gasteiger charge is -2.39. The van der Waals surface area contributed by atoms with Gasteiger partial charge in [0.1, 0.15) is 5.75 Å². The number of aromatic nitrogens is 2. The highest BCUT2D eigenvalue weighted by Crippen LogP contribution is 2.43. The van der Waals surface area contributed by atoms with Crippen LogP contribution in [-0.2, 0) is 23.5 Å². The summed E-state index contributed by atoms with van der Waals surface area (Å²) in [7, 11) is 1.49. The molecule has 2 aliphatic heterocycles. The molecular formula is C31H29F2N3O3. The van der Waals surface area contributed by atoms with E-state index in [2.05, 4.69) is 9.88 Å². The molecule has 0 saturated carbocycles. The van der Waals surface area contributed by atoms with E-state index in [1.165, 1.54) is 34.9 Å². The molecular weight excluding hydrogens is 500 g/mol. The summed E-state index contributed by atoms with van der Waals surface area (Å²) in [6.07, 6.45) is 7.23. The second-order valence-corrected chi connectivity index (χ2v) is 10.2. The Hall–Kier alpha value is -3.88. The molecule has 0 unspecified atom stereocenters. The molecule has 2 aliphatic rings. The summed E-state index contributed by atoms with van der Waals surface area (Å²) in [5, 5.41) is 0. The summed E-state index contributed by atoms with van der Waals surface area (Å²) in [6.45, 7) is 3.26. The van der Waals surface area contributed by atoms with Crippen molar-refractivity contribution in [2.75, 3.05) is 20.2 Å². The van der Waals surface area contributed by atoms with Crippen molar-refractivity contribution in [3.63, 3.8) is 0 Å². The standard InChI is InChI=1S/C31H29F2N3O3/c1-38-25-9-13-36(29(37)17-25)30(23-6-7-27(32)28(33)16-23)22-4-2-21(3-5-22)19-35-14-10-31(11-15-35)26-18-34-12-8-24(26)20-39-31/h2-9,12-13,16-18,30H,10-11,14-15,19-20H2,1H3/t30-/m0/s1. The van der Waals surface area contributed by atoms with Crippen molar-refractivity contribution in [3.05, 3.63) is 129 Å². The van der Waals surface area contributed by atoms with Crippen molar-refractivity contribution in [1.29, 1.82) is 0 Å². The number of hydrogen-bond donors (Lipinski definition) is 0. The Labute approximate surface area is 225 Å². The van der Waals surface area contributed by atoms with Crippen LogP contribution in [0.2, 0.25) is 0 Å². The Balaban J connectivity index is 1.22. The maximum absolute atomic E-state index is 14.2. The topological polar surface area (TPSA) is 56.6 Å². The monoisotopic (exact) mass is 529 g/mol. The van der Waals surface area contributed by atoms with Gasteiger partial charge in [0.2, 0.25) is 0 Å². The molecule has 1 fully saturated rings. The molecule has 0 N–H and O–H groups in total. The van der Waals surface area contributed by atoms with Gasteiger partial charge in [-0.3, -0.25) is 14.7 Å². The Kier molecular flexibility index (Phi) is 6.74. The average Bonchev–Trinajstić information content (AvgIpc) is 3.32. The van der Waals surface area contributed by atoms with E-state index < -0.39 is 17.7 Å². The number of rotatable bonds is 6. The predicted octanol–water partition coefficient (Wildman–Crippen LogP) is 5.19. The Morgan fingerprint density at radius 2 is 1.77 bits per heavy atom. The third kappa shape index (κ3) is 4.86. The lowest BCUT2D eigenvalue weighted by molar-refractivity contribution is -0.0800. The van der Waals surface area contributed by atoms with Gasteiger partial charge in [0.25, 0.3) is 5.56 Å². The quantitative estimate of drug-likeness (QED) is 0.344. The van der Waals surface area contributed by atoms with Crippen LogP contribution in [0.5, 0.6) is 5.75 Å². The van der Waals surface area contributed by atoms with Crippen molar-refractivity contribution in [1.82, 2.24) is 14.5 Å². The minimum atomic E-state index is -0.955. The van der Waals surface area contributed by atoms with E-state index in [4.69, 9.17) is 9.47 Å². The first kappa shape index (κ1) is 25.4. The average molecular weight is 530 g/mol. The lowest BCUT2D eigenvalue weighted by atomic mass is 9.84. The molecule has 1 saturated heterocycles. The third-order valence-corrected chi connectivity index (χ3v) is 7.96. The number of benzene rings is 2. The highest BCUT2D eigenvalue weighted by atomic mass is 19.2. The molecule has 6 nitrogen and oxygen atoms in total. The molecule has 2 aromatic carbocycles. The predicted molar refractivity (Wildman–Crippen MR) is 143 cm³/mol. The second kappa shape index (κ2) is 10.4. The highest BCUT2D eigenvalue weighted by Gasteiger charge is 2.42. The van der Waals surface area contributed by atoms with Crippen LogP contribution in [0, 0.1) is 11.6 Å². The van der Waals surface area contributed by atoms with E-state index in [0.717, 1.165) is 55.7 Å². The first-order valence-corrected chi connectivity index (χ1v) is 13.1. The van der Waals surface area contributed by atoms with Gasteiger partial charge in [0.15, 0.2) is 11.6 Å².